The molecule has 1 atom stereocenters. The minimum atomic E-state index is -0.469. The van der Waals surface area contributed by atoms with Gasteiger partial charge in [0.2, 0.25) is 0 Å². The zero-order valence-electron chi connectivity index (χ0n) is 9.31. The fraction of sp³-hybridized carbons (Fsp3) is 0.167. The molecule has 6 heteroatoms. The molecule has 0 aliphatic carbocycles. The number of benzene rings is 1. The first-order chi connectivity index (χ1) is 8.49. The second-order valence-electron chi connectivity index (χ2n) is 3.75. The van der Waals surface area contributed by atoms with E-state index in [1.165, 1.54) is 17.4 Å². The van der Waals surface area contributed by atoms with Crippen molar-refractivity contribution in [2.24, 2.45) is 0 Å². The monoisotopic (exact) mass is 323 g/mol. The molecule has 18 heavy (non-hydrogen) atoms. The molecule has 0 bridgehead atoms. The van der Waals surface area contributed by atoms with Crippen LogP contribution < -0.4 is 5.32 Å². The van der Waals surface area contributed by atoms with E-state index in [1.54, 1.807) is 18.2 Å². The summed E-state index contributed by atoms with van der Waals surface area (Å²) < 4.78 is 14.9. The van der Waals surface area contributed by atoms with E-state index < -0.39 is 5.82 Å². The highest BCUT2D eigenvalue weighted by Crippen LogP contribution is 2.36. The van der Waals surface area contributed by atoms with Gasteiger partial charge in [0.15, 0.2) is 5.82 Å². The van der Waals surface area contributed by atoms with Crippen LogP contribution in [0.1, 0.15) is 18.5 Å². The van der Waals surface area contributed by atoms with E-state index in [1.807, 2.05) is 6.92 Å². The molecule has 0 aliphatic rings. The smallest absolute Gasteiger partial charge is 0.164 e. The number of hydrogen-bond acceptors (Lipinski definition) is 2. The molecule has 1 aromatic carbocycles. The lowest BCUT2D eigenvalue weighted by atomic mass is 10.1. The normalized spacial score (nSPS) is 12.5. The Morgan fingerprint density at radius 3 is 2.61 bits per heavy atom. The molecule has 0 saturated heterocycles. The van der Waals surface area contributed by atoms with Crippen LogP contribution in [0.5, 0.6) is 0 Å². The van der Waals surface area contributed by atoms with Crippen LogP contribution in [-0.2, 0) is 0 Å². The van der Waals surface area contributed by atoms with E-state index in [2.05, 4.69) is 5.32 Å². The number of thiophene rings is 1. The fourth-order valence-electron chi connectivity index (χ4n) is 1.57. The van der Waals surface area contributed by atoms with Gasteiger partial charge in [0.05, 0.1) is 25.4 Å². The van der Waals surface area contributed by atoms with Crippen molar-refractivity contribution in [2.45, 2.75) is 13.0 Å². The first kappa shape index (κ1) is 13.9. The van der Waals surface area contributed by atoms with Gasteiger partial charge in [-0.2, -0.15) is 0 Å². The number of halogens is 4. The second kappa shape index (κ2) is 5.66. The number of rotatable bonds is 3. The second-order valence-corrected chi connectivity index (χ2v) is 6.44. The van der Waals surface area contributed by atoms with Crippen LogP contribution in [0.3, 0.4) is 0 Å². The molecule has 2 aromatic rings. The molecule has 1 unspecified atom stereocenters. The highest BCUT2D eigenvalue weighted by Gasteiger charge is 2.15. The van der Waals surface area contributed by atoms with Crippen molar-refractivity contribution in [1.29, 1.82) is 0 Å². The van der Waals surface area contributed by atoms with Crippen molar-refractivity contribution in [3.8, 4) is 0 Å². The van der Waals surface area contributed by atoms with Crippen LogP contribution in [0.2, 0.25) is 13.7 Å². The zero-order valence-corrected chi connectivity index (χ0v) is 12.4. The minimum absolute atomic E-state index is 0.0849. The first-order valence-corrected chi connectivity index (χ1v) is 7.09. The van der Waals surface area contributed by atoms with E-state index in [0.29, 0.717) is 14.4 Å². The summed E-state index contributed by atoms with van der Waals surface area (Å²) in [6.07, 6.45) is 0. The SMILES string of the molecule is CC(Nc1cccc(Cl)c1F)c1cc(Cl)sc1Cl. The molecule has 0 radical (unpaired) electrons. The molecule has 0 fully saturated rings. The maximum Gasteiger partial charge on any atom is 0.164 e. The van der Waals surface area contributed by atoms with Crippen molar-refractivity contribution in [1.82, 2.24) is 0 Å². The van der Waals surface area contributed by atoms with Gasteiger partial charge in [-0.25, -0.2) is 4.39 Å². The van der Waals surface area contributed by atoms with E-state index >= 15 is 0 Å². The Kier molecular flexibility index (Phi) is 4.38. The Balaban J connectivity index is 2.24. The molecule has 0 aliphatic heterocycles. The van der Waals surface area contributed by atoms with Gasteiger partial charge in [-0.1, -0.05) is 40.9 Å². The molecule has 1 heterocycles. The summed E-state index contributed by atoms with van der Waals surface area (Å²) in [5.74, 6) is -0.469. The third-order valence-electron chi connectivity index (χ3n) is 2.47. The maximum atomic E-state index is 13.7. The van der Waals surface area contributed by atoms with E-state index in [9.17, 15) is 4.39 Å². The Morgan fingerprint density at radius 2 is 2.00 bits per heavy atom. The van der Waals surface area contributed by atoms with Gasteiger partial charge in [0.1, 0.15) is 0 Å². The molecular formula is C12H9Cl3FNS. The summed E-state index contributed by atoms with van der Waals surface area (Å²) in [5, 5.41) is 3.11. The Hall–Kier alpha value is -0.480. The quantitative estimate of drug-likeness (QED) is 0.728. The van der Waals surface area contributed by atoms with Crippen molar-refractivity contribution in [2.75, 3.05) is 5.32 Å². The van der Waals surface area contributed by atoms with Crippen molar-refractivity contribution in [3.63, 3.8) is 0 Å². The van der Waals surface area contributed by atoms with Crippen molar-refractivity contribution in [3.05, 3.63) is 49.3 Å². The van der Waals surface area contributed by atoms with E-state index in [4.69, 9.17) is 34.8 Å². The third-order valence-corrected chi connectivity index (χ3v) is 4.28. The van der Waals surface area contributed by atoms with Gasteiger partial charge in [0, 0.05) is 5.56 Å². The third kappa shape index (κ3) is 2.91. The van der Waals surface area contributed by atoms with Gasteiger partial charge in [0.25, 0.3) is 0 Å². The lowest BCUT2D eigenvalue weighted by Gasteiger charge is -2.15. The summed E-state index contributed by atoms with van der Waals surface area (Å²) in [7, 11) is 0. The number of anilines is 1. The predicted molar refractivity (Wildman–Crippen MR) is 77.8 cm³/mol. The van der Waals surface area contributed by atoms with E-state index in [0.717, 1.165) is 5.56 Å². The van der Waals surface area contributed by atoms with Crippen LogP contribution in [-0.4, -0.2) is 0 Å². The summed E-state index contributed by atoms with van der Waals surface area (Å²) >= 11 is 18.9. The standard InChI is InChI=1S/C12H9Cl3FNS/c1-6(7-5-10(14)18-12(7)15)17-9-4-2-3-8(13)11(9)16/h2-6,17H,1H3. The molecule has 0 saturated carbocycles. The molecule has 1 aromatic heterocycles. The molecule has 1 nitrogen and oxygen atoms in total. The van der Waals surface area contributed by atoms with Crippen LogP contribution in [0.4, 0.5) is 10.1 Å². The molecule has 1 N–H and O–H groups in total. The maximum absolute atomic E-state index is 13.7. The highest BCUT2D eigenvalue weighted by molar-refractivity contribution is 7.20. The van der Waals surface area contributed by atoms with Gasteiger partial charge in [-0.05, 0) is 25.1 Å². The Bertz CT molecular complexity index is 570. The predicted octanol–water partition coefficient (Wildman–Crippen LogP) is 6.02. The summed E-state index contributed by atoms with van der Waals surface area (Å²) in [5.41, 5.74) is 1.18. The van der Waals surface area contributed by atoms with Crippen LogP contribution >= 0.6 is 46.1 Å². The first-order valence-electron chi connectivity index (χ1n) is 5.14. The highest BCUT2D eigenvalue weighted by atomic mass is 35.5. The fourth-order valence-corrected chi connectivity index (χ4v) is 3.39. The largest absolute Gasteiger partial charge is 0.376 e. The Morgan fingerprint density at radius 1 is 1.28 bits per heavy atom. The summed E-state index contributed by atoms with van der Waals surface area (Å²) in [6.45, 7) is 1.88. The van der Waals surface area contributed by atoms with Crippen LogP contribution in [0.15, 0.2) is 24.3 Å². The van der Waals surface area contributed by atoms with Gasteiger partial charge < -0.3 is 5.32 Å². The van der Waals surface area contributed by atoms with Crippen molar-refractivity contribution >= 4 is 51.8 Å². The van der Waals surface area contributed by atoms with Crippen LogP contribution in [0.25, 0.3) is 0 Å². The molecular weight excluding hydrogens is 316 g/mol. The van der Waals surface area contributed by atoms with Gasteiger partial charge in [-0.15, -0.1) is 11.3 Å². The molecule has 2 rings (SSSR count). The molecule has 96 valence electrons. The number of nitrogens with one attached hydrogen (secondary N) is 1. The minimum Gasteiger partial charge on any atom is -0.376 e. The summed E-state index contributed by atoms with van der Waals surface area (Å²) in [6, 6.07) is 6.42. The lowest BCUT2D eigenvalue weighted by Crippen LogP contribution is -2.07. The van der Waals surface area contributed by atoms with Crippen LogP contribution in [0, 0.1) is 5.82 Å². The van der Waals surface area contributed by atoms with Gasteiger partial charge >= 0.3 is 0 Å². The molecule has 0 amide bonds. The average Bonchev–Trinajstić information content (AvgIpc) is 2.64. The Labute approximate surface area is 123 Å². The number of hydrogen-bond donors (Lipinski definition) is 1. The summed E-state index contributed by atoms with van der Waals surface area (Å²) in [4.78, 5) is 0. The average molecular weight is 325 g/mol. The van der Waals surface area contributed by atoms with Crippen molar-refractivity contribution < 1.29 is 4.39 Å². The van der Waals surface area contributed by atoms with E-state index in [-0.39, 0.29) is 11.1 Å². The van der Waals surface area contributed by atoms with Gasteiger partial charge in [-0.3, -0.25) is 0 Å². The topological polar surface area (TPSA) is 12.0 Å². The zero-order chi connectivity index (χ0) is 13.3. The lowest BCUT2D eigenvalue weighted by molar-refractivity contribution is 0.628. The molecule has 0 spiro atoms.